The highest BCUT2D eigenvalue weighted by molar-refractivity contribution is 6.08. The number of ketones is 2. The van der Waals surface area contributed by atoms with E-state index in [4.69, 9.17) is 4.74 Å². The van der Waals surface area contributed by atoms with Crippen LogP contribution in [0.2, 0.25) is 0 Å². The Morgan fingerprint density at radius 3 is 1.94 bits per heavy atom. The minimum Gasteiger partial charge on any atom is -0.508 e. The summed E-state index contributed by atoms with van der Waals surface area (Å²) in [6.45, 7) is 8.29. The Morgan fingerprint density at radius 2 is 1.35 bits per heavy atom. The van der Waals surface area contributed by atoms with Gasteiger partial charge in [0, 0.05) is 42.4 Å². The van der Waals surface area contributed by atoms with Crippen molar-refractivity contribution < 1.29 is 19.4 Å². The molecule has 1 aliphatic heterocycles. The van der Waals surface area contributed by atoms with Crippen LogP contribution >= 0.6 is 0 Å². The van der Waals surface area contributed by atoms with Crippen LogP contribution in [0.1, 0.15) is 64.9 Å². The van der Waals surface area contributed by atoms with Gasteiger partial charge in [-0.2, -0.15) is 0 Å². The van der Waals surface area contributed by atoms with Gasteiger partial charge in [-0.1, -0.05) is 58.0 Å². The largest absolute Gasteiger partial charge is 0.508 e. The summed E-state index contributed by atoms with van der Waals surface area (Å²) in [7, 11) is 0. The second kappa shape index (κ2) is 6.56. The van der Waals surface area contributed by atoms with E-state index < -0.39 is 5.92 Å². The summed E-state index contributed by atoms with van der Waals surface area (Å²) in [5, 5.41) is 12.8. The van der Waals surface area contributed by atoms with Crippen LogP contribution in [0.5, 0.6) is 5.75 Å². The molecule has 0 spiro atoms. The number of ether oxygens (including phenoxy) is 1. The van der Waals surface area contributed by atoms with Crippen molar-refractivity contribution in [2.45, 2.75) is 59.3 Å². The van der Waals surface area contributed by atoms with Crippen LogP contribution in [0.4, 0.5) is 0 Å². The normalized spacial score (nSPS) is 23.0. The first kappa shape index (κ1) is 20.0. The molecule has 5 rings (SSSR count). The molecule has 31 heavy (non-hydrogen) atoms. The average Bonchev–Trinajstić information content (AvgIpc) is 2.64. The van der Waals surface area contributed by atoms with Gasteiger partial charge in [-0.15, -0.1) is 0 Å². The van der Waals surface area contributed by atoms with E-state index in [1.165, 1.54) is 0 Å². The highest BCUT2D eigenvalue weighted by atomic mass is 16.5. The van der Waals surface area contributed by atoms with E-state index in [1.807, 2.05) is 30.3 Å². The van der Waals surface area contributed by atoms with Crippen molar-refractivity contribution in [1.82, 2.24) is 0 Å². The van der Waals surface area contributed by atoms with Crippen LogP contribution in [0, 0.1) is 10.8 Å². The van der Waals surface area contributed by atoms with Crippen molar-refractivity contribution in [3.8, 4) is 5.75 Å². The summed E-state index contributed by atoms with van der Waals surface area (Å²) in [6, 6.07) is 11.4. The van der Waals surface area contributed by atoms with Gasteiger partial charge >= 0.3 is 0 Å². The minimum atomic E-state index is -0.586. The maximum absolute atomic E-state index is 13.4. The molecule has 2 aromatic carbocycles. The van der Waals surface area contributed by atoms with Crippen molar-refractivity contribution in [3.63, 3.8) is 0 Å². The van der Waals surface area contributed by atoms with Crippen LogP contribution in [0.3, 0.4) is 0 Å². The number of aromatic hydroxyl groups is 1. The van der Waals surface area contributed by atoms with Crippen LogP contribution in [0.15, 0.2) is 59.1 Å². The van der Waals surface area contributed by atoms with E-state index in [0.717, 1.165) is 10.8 Å². The number of hydrogen-bond acceptors (Lipinski definition) is 4. The summed E-state index contributed by atoms with van der Waals surface area (Å²) >= 11 is 0. The van der Waals surface area contributed by atoms with E-state index in [0.29, 0.717) is 53.9 Å². The smallest absolute Gasteiger partial charge is 0.163 e. The number of carbonyl (C=O) groups is 2. The van der Waals surface area contributed by atoms with Crippen molar-refractivity contribution in [1.29, 1.82) is 0 Å². The first-order chi connectivity index (χ1) is 14.6. The molecule has 4 nitrogen and oxygen atoms in total. The molecule has 160 valence electrons. The van der Waals surface area contributed by atoms with Gasteiger partial charge in [0.05, 0.1) is 5.92 Å². The van der Waals surface area contributed by atoms with E-state index in [1.54, 1.807) is 6.07 Å². The number of benzene rings is 2. The second-order valence-corrected chi connectivity index (χ2v) is 10.8. The lowest BCUT2D eigenvalue weighted by Gasteiger charge is -2.43. The molecule has 1 heterocycles. The Hall–Kier alpha value is -2.88. The highest BCUT2D eigenvalue weighted by Crippen LogP contribution is 2.55. The number of allylic oxidation sites excluding steroid dienone is 4. The maximum Gasteiger partial charge on any atom is 0.163 e. The van der Waals surface area contributed by atoms with Gasteiger partial charge in [0.25, 0.3) is 0 Å². The third-order valence-electron chi connectivity index (χ3n) is 6.82. The third-order valence-corrected chi connectivity index (χ3v) is 6.82. The average molecular weight is 417 g/mol. The zero-order chi connectivity index (χ0) is 22.1. The Morgan fingerprint density at radius 1 is 0.806 bits per heavy atom. The molecule has 0 saturated heterocycles. The van der Waals surface area contributed by atoms with Crippen LogP contribution in [-0.4, -0.2) is 16.7 Å². The molecule has 0 fully saturated rings. The monoisotopic (exact) mass is 416 g/mol. The first-order valence-corrected chi connectivity index (χ1v) is 11.0. The molecule has 2 aliphatic carbocycles. The number of fused-ring (bicyclic) bond motifs is 1. The molecule has 0 unspecified atom stereocenters. The maximum atomic E-state index is 13.4. The van der Waals surface area contributed by atoms with Gasteiger partial charge in [0.15, 0.2) is 11.6 Å². The van der Waals surface area contributed by atoms with Crippen molar-refractivity contribution in [2.75, 3.05) is 0 Å². The van der Waals surface area contributed by atoms with E-state index in [2.05, 4.69) is 27.7 Å². The molecule has 0 aromatic heterocycles. The van der Waals surface area contributed by atoms with Gasteiger partial charge in [-0.3, -0.25) is 9.59 Å². The molecule has 1 N–H and O–H groups in total. The topological polar surface area (TPSA) is 63.6 Å². The van der Waals surface area contributed by atoms with Crippen molar-refractivity contribution >= 4 is 22.3 Å². The summed E-state index contributed by atoms with van der Waals surface area (Å²) in [4.78, 5) is 26.9. The van der Waals surface area contributed by atoms with Crippen LogP contribution < -0.4 is 0 Å². The fourth-order valence-corrected chi connectivity index (χ4v) is 5.55. The lowest BCUT2D eigenvalue weighted by molar-refractivity contribution is -0.120. The van der Waals surface area contributed by atoms with E-state index in [9.17, 15) is 14.7 Å². The van der Waals surface area contributed by atoms with Gasteiger partial charge in [-0.05, 0) is 27.7 Å². The Labute approximate surface area is 182 Å². The SMILES string of the molecule is CC1(C)CC(=O)C2=C(C1)OC1=C(C(=O)CC(C)(C)C1)C2c1c(O)ccc2ccccc12. The zero-order valence-corrected chi connectivity index (χ0v) is 18.5. The number of carbonyl (C=O) groups excluding carboxylic acids is 2. The molecule has 4 heteroatoms. The third kappa shape index (κ3) is 3.20. The second-order valence-electron chi connectivity index (χ2n) is 10.8. The van der Waals surface area contributed by atoms with E-state index >= 15 is 0 Å². The summed E-state index contributed by atoms with van der Waals surface area (Å²) < 4.78 is 6.35. The van der Waals surface area contributed by atoms with Gasteiger partial charge in [0.1, 0.15) is 17.3 Å². The summed E-state index contributed by atoms with van der Waals surface area (Å²) in [5.74, 6) is 0.878. The number of Topliss-reactive ketones (excluding diaryl/α,β-unsaturated/α-hetero) is 2. The molecule has 2 aromatic rings. The van der Waals surface area contributed by atoms with E-state index in [-0.39, 0.29) is 28.1 Å². The summed E-state index contributed by atoms with van der Waals surface area (Å²) in [6.07, 6.45) is 2.09. The predicted octanol–water partition coefficient (Wildman–Crippen LogP) is 5.95. The quantitative estimate of drug-likeness (QED) is 0.624. The van der Waals surface area contributed by atoms with Crippen LogP contribution in [0.25, 0.3) is 10.8 Å². The molecule has 3 aliphatic rings. The highest BCUT2D eigenvalue weighted by Gasteiger charge is 2.48. The van der Waals surface area contributed by atoms with Crippen molar-refractivity contribution in [2.24, 2.45) is 10.8 Å². The number of phenolic OH excluding ortho intramolecular Hbond substituents is 1. The number of rotatable bonds is 1. The zero-order valence-electron chi connectivity index (χ0n) is 18.5. The lowest BCUT2D eigenvalue weighted by atomic mass is 9.65. The molecular weight excluding hydrogens is 388 g/mol. The predicted molar refractivity (Wildman–Crippen MR) is 120 cm³/mol. The molecule has 0 saturated carbocycles. The lowest BCUT2D eigenvalue weighted by Crippen LogP contribution is -2.37. The molecule has 0 bridgehead atoms. The van der Waals surface area contributed by atoms with Crippen LogP contribution in [-0.2, 0) is 14.3 Å². The number of hydrogen-bond donors (Lipinski definition) is 1. The number of phenols is 1. The first-order valence-electron chi connectivity index (χ1n) is 11.0. The summed E-state index contributed by atoms with van der Waals surface area (Å²) in [5.41, 5.74) is 1.35. The molecule has 0 atom stereocenters. The van der Waals surface area contributed by atoms with Gasteiger partial charge < -0.3 is 9.84 Å². The molecule has 0 radical (unpaired) electrons. The Kier molecular flexibility index (Phi) is 4.24. The minimum absolute atomic E-state index is 0.00719. The Balaban J connectivity index is 1.82. The van der Waals surface area contributed by atoms with Crippen molar-refractivity contribution in [3.05, 3.63) is 64.6 Å². The fraction of sp³-hybridized carbons (Fsp3) is 0.407. The van der Waals surface area contributed by atoms with Gasteiger partial charge in [0.2, 0.25) is 0 Å². The molecule has 0 amide bonds. The van der Waals surface area contributed by atoms with Gasteiger partial charge in [-0.25, -0.2) is 0 Å². The Bertz CT molecular complexity index is 1160. The fourth-order valence-electron chi connectivity index (χ4n) is 5.55. The standard InChI is InChI=1S/C27H28O4/c1-26(2)11-18(29)23-20(13-26)31-21-14-27(3,4)12-19(30)24(21)25(23)22-16-8-6-5-7-15(16)9-10-17(22)28/h5-10,25,28H,11-14H2,1-4H3. The molecular formula is C27H28O4.